The summed E-state index contributed by atoms with van der Waals surface area (Å²) in [6.07, 6.45) is 2.93. The van der Waals surface area contributed by atoms with E-state index < -0.39 is 34.7 Å². The van der Waals surface area contributed by atoms with Crippen molar-refractivity contribution in [3.05, 3.63) is 99.5 Å². The Morgan fingerprint density at radius 1 is 1.10 bits per heavy atom. The lowest BCUT2D eigenvalue weighted by atomic mass is 9.79. The van der Waals surface area contributed by atoms with Gasteiger partial charge in [-0.1, -0.05) is 18.2 Å². The minimum absolute atomic E-state index is 0.303. The minimum Gasteiger partial charge on any atom is -0.354 e. The Balaban J connectivity index is 1.86. The minimum atomic E-state index is -0.979. The number of aromatic nitrogens is 2. The fraction of sp³-hybridized carbons (Fsp3) is 0.227. The van der Waals surface area contributed by atoms with Crippen molar-refractivity contribution >= 4 is 5.84 Å². The van der Waals surface area contributed by atoms with Crippen LogP contribution in [0.1, 0.15) is 30.5 Å². The van der Waals surface area contributed by atoms with Gasteiger partial charge in [-0.05, 0) is 43.7 Å². The molecule has 0 saturated carbocycles. The molecule has 5 nitrogen and oxygen atoms in total. The van der Waals surface area contributed by atoms with Gasteiger partial charge in [0.05, 0.1) is 6.04 Å². The predicted molar refractivity (Wildman–Crippen MR) is 107 cm³/mol. The van der Waals surface area contributed by atoms with Crippen LogP contribution in [0.4, 0.5) is 13.2 Å². The number of hydrogen-bond acceptors (Lipinski definition) is 4. The van der Waals surface area contributed by atoms with Crippen molar-refractivity contribution in [2.24, 2.45) is 4.99 Å². The first-order valence-electron chi connectivity index (χ1n) is 9.49. The molecule has 8 heteroatoms. The Kier molecular flexibility index (Phi) is 4.93. The average Bonchev–Trinajstić information content (AvgIpc) is 3.09. The lowest BCUT2D eigenvalue weighted by molar-refractivity contribution is 0.430. The molecule has 1 aliphatic rings. The average molecular weight is 412 g/mol. The number of rotatable bonds is 4. The van der Waals surface area contributed by atoms with Gasteiger partial charge in [0.25, 0.3) is 5.56 Å². The molecule has 154 valence electrons. The van der Waals surface area contributed by atoms with Gasteiger partial charge in [-0.15, -0.1) is 0 Å². The smallest absolute Gasteiger partial charge is 0.286 e. The van der Waals surface area contributed by atoms with Gasteiger partial charge in [0.2, 0.25) is 5.95 Å². The zero-order valence-electron chi connectivity index (χ0n) is 16.4. The first-order valence-corrected chi connectivity index (χ1v) is 9.49. The van der Waals surface area contributed by atoms with E-state index in [0.29, 0.717) is 29.1 Å². The second kappa shape index (κ2) is 7.44. The van der Waals surface area contributed by atoms with Crippen molar-refractivity contribution in [2.45, 2.75) is 32.0 Å². The molecule has 0 amide bonds. The second-order valence-corrected chi connectivity index (χ2v) is 7.13. The summed E-state index contributed by atoms with van der Waals surface area (Å²) in [5.41, 5.74) is 0.0205. The molecule has 2 atom stereocenters. The van der Waals surface area contributed by atoms with Gasteiger partial charge in [-0.25, -0.2) is 13.8 Å². The maximum atomic E-state index is 14.2. The summed E-state index contributed by atoms with van der Waals surface area (Å²) < 4.78 is 42.5. The first kappa shape index (κ1) is 19.9. The predicted octanol–water partition coefficient (Wildman–Crippen LogP) is 3.36. The summed E-state index contributed by atoms with van der Waals surface area (Å²) in [5.74, 6) is -1.53. The van der Waals surface area contributed by atoms with E-state index in [-0.39, 0.29) is 0 Å². The molecule has 0 unspecified atom stereocenters. The van der Waals surface area contributed by atoms with Crippen molar-refractivity contribution in [1.82, 2.24) is 14.9 Å². The van der Waals surface area contributed by atoms with Crippen LogP contribution in [-0.2, 0) is 12.1 Å². The Morgan fingerprint density at radius 2 is 1.80 bits per heavy atom. The van der Waals surface area contributed by atoms with Gasteiger partial charge in [0.15, 0.2) is 5.82 Å². The lowest BCUT2D eigenvalue weighted by Crippen LogP contribution is -2.48. The molecule has 0 spiro atoms. The van der Waals surface area contributed by atoms with E-state index in [2.05, 4.69) is 15.3 Å². The van der Waals surface area contributed by atoms with Crippen LogP contribution in [0.25, 0.3) is 0 Å². The van der Waals surface area contributed by atoms with E-state index >= 15 is 0 Å². The highest BCUT2D eigenvalue weighted by Crippen LogP contribution is 2.38. The third-order valence-corrected chi connectivity index (χ3v) is 5.40. The highest BCUT2D eigenvalue weighted by atomic mass is 19.1. The molecule has 0 aliphatic carbocycles. The highest BCUT2D eigenvalue weighted by molar-refractivity contribution is 6.01. The van der Waals surface area contributed by atoms with E-state index in [4.69, 9.17) is 0 Å². The third kappa shape index (κ3) is 3.18. The van der Waals surface area contributed by atoms with Crippen molar-refractivity contribution in [3.8, 4) is 0 Å². The van der Waals surface area contributed by atoms with Gasteiger partial charge in [0.1, 0.15) is 17.2 Å². The standard InChI is InChI=1S/C22H19F3N4O/c1-3-29-12-14(10-18(24)21(29)30)20-27-13(2)22(28-20,15-4-7-17(23)8-5-15)16-6-9-19(25)26-11-16/h4-13H,3H2,1-2H3,(H,27,28)/t13-,22-/m1/s1. The van der Waals surface area contributed by atoms with E-state index in [0.717, 1.165) is 6.07 Å². The van der Waals surface area contributed by atoms with Crippen LogP contribution in [0.5, 0.6) is 0 Å². The summed E-state index contributed by atoms with van der Waals surface area (Å²) in [6, 6.07) is 9.44. The number of halogens is 3. The third-order valence-electron chi connectivity index (χ3n) is 5.40. The van der Waals surface area contributed by atoms with Crippen LogP contribution in [-0.4, -0.2) is 21.4 Å². The van der Waals surface area contributed by atoms with Crippen molar-refractivity contribution in [2.75, 3.05) is 0 Å². The fourth-order valence-electron chi connectivity index (χ4n) is 3.84. The molecule has 0 saturated heterocycles. The van der Waals surface area contributed by atoms with E-state index in [9.17, 15) is 18.0 Å². The molecule has 3 aromatic rings. The molecule has 1 aromatic carbocycles. The van der Waals surface area contributed by atoms with Crippen LogP contribution in [0.3, 0.4) is 0 Å². The molecule has 1 aliphatic heterocycles. The molecular weight excluding hydrogens is 393 g/mol. The van der Waals surface area contributed by atoms with Gasteiger partial charge in [0, 0.05) is 30.1 Å². The molecule has 3 heterocycles. The number of pyridine rings is 2. The van der Waals surface area contributed by atoms with Crippen LogP contribution in [0.2, 0.25) is 0 Å². The SMILES string of the molecule is CCn1cc(C2=N[C@H](C)[C@@](c3ccc(F)cc3)(c3ccc(F)nc3)N2)cc(F)c1=O. The van der Waals surface area contributed by atoms with Crippen LogP contribution < -0.4 is 10.9 Å². The maximum absolute atomic E-state index is 14.2. The van der Waals surface area contributed by atoms with Gasteiger partial charge in [-0.2, -0.15) is 4.39 Å². The zero-order chi connectivity index (χ0) is 21.5. The topological polar surface area (TPSA) is 59.3 Å². The summed E-state index contributed by atoms with van der Waals surface area (Å²) in [6.45, 7) is 3.89. The molecular formula is C22H19F3N4O. The Morgan fingerprint density at radius 3 is 2.43 bits per heavy atom. The number of nitrogens with zero attached hydrogens (tertiary/aromatic N) is 3. The fourth-order valence-corrected chi connectivity index (χ4v) is 3.84. The van der Waals surface area contributed by atoms with Crippen molar-refractivity contribution in [1.29, 1.82) is 0 Å². The normalized spacial score (nSPS) is 20.7. The maximum Gasteiger partial charge on any atom is 0.286 e. The second-order valence-electron chi connectivity index (χ2n) is 7.13. The molecule has 0 fully saturated rings. The number of amidine groups is 1. The number of nitrogens with one attached hydrogen (secondary N) is 1. The Labute approximate surface area is 170 Å². The Hall–Kier alpha value is -3.42. The van der Waals surface area contributed by atoms with Gasteiger partial charge in [-0.3, -0.25) is 9.79 Å². The number of benzene rings is 1. The summed E-state index contributed by atoms with van der Waals surface area (Å²) in [5, 5.41) is 3.32. The van der Waals surface area contributed by atoms with Gasteiger partial charge >= 0.3 is 0 Å². The first-order chi connectivity index (χ1) is 14.3. The summed E-state index contributed by atoms with van der Waals surface area (Å²) >= 11 is 0. The van der Waals surface area contributed by atoms with Crippen LogP contribution >= 0.6 is 0 Å². The quantitative estimate of drug-likeness (QED) is 0.669. The molecule has 0 radical (unpaired) electrons. The van der Waals surface area contributed by atoms with Crippen LogP contribution in [0, 0.1) is 17.6 Å². The lowest BCUT2D eigenvalue weighted by Gasteiger charge is -2.34. The number of hydrogen-bond donors (Lipinski definition) is 1. The molecule has 0 bridgehead atoms. The molecule has 1 N–H and O–H groups in total. The van der Waals surface area contributed by atoms with Crippen LogP contribution in [0.15, 0.2) is 64.6 Å². The Bertz CT molecular complexity index is 1120. The zero-order valence-corrected chi connectivity index (χ0v) is 16.4. The molecule has 4 rings (SSSR count). The largest absolute Gasteiger partial charge is 0.354 e. The monoisotopic (exact) mass is 412 g/mol. The molecule has 2 aromatic heterocycles. The van der Waals surface area contributed by atoms with Crippen molar-refractivity contribution in [3.63, 3.8) is 0 Å². The number of aliphatic imine (C=N–C) groups is 1. The van der Waals surface area contributed by atoms with Crippen molar-refractivity contribution < 1.29 is 13.2 Å². The number of aryl methyl sites for hydroxylation is 1. The van der Waals surface area contributed by atoms with E-state index in [1.165, 1.54) is 35.2 Å². The molecule has 30 heavy (non-hydrogen) atoms. The van der Waals surface area contributed by atoms with E-state index in [1.807, 2.05) is 6.92 Å². The highest BCUT2D eigenvalue weighted by Gasteiger charge is 2.45. The summed E-state index contributed by atoms with van der Waals surface area (Å²) in [4.78, 5) is 20.3. The summed E-state index contributed by atoms with van der Waals surface area (Å²) in [7, 11) is 0. The van der Waals surface area contributed by atoms with Gasteiger partial charge < -0.3 is 9.88 Å². The van der Waals surface area contributed by atoms with E-state index in [1.54, 1.807) is 25.1 Å².